The highest BCUT2D eigenvalue weighted by Gasteiger charge is 2.09. The van der Waals surface area contributed by atoms with Crippen molar-refractivity contribution in [3.05, 3.63) is 58.7 Å². The van der Waals surface area contributed by atoms with Crippen molar-refractivity contribution in [3.63, 3.8) is 0 Å². The van der Waals surface area contributed by atoms with Crippen LogP contribution in [0, 0.1) is 25.2 Å². The van der Waals surface area contributed by atoms with E-state index in [9.17, 15) is 4.79 Å². The zero-order valence-electron chi connectivity index (χ0n) is 12.3. The lowest BCUT2D eigenvalue weighted by Crippen LogP contribution is -2.13. The molecule has 0 fully saturated rings. The monoisotopic (exact) mass is 279 g/mol. The van der Waals surface area contributed by atoms with Crippen molar-refractivity contribution in [2.75, 3.05) is 17.7 Å². The molecule has 0 bridgehead atoms. The Morgan fingerprint density at radius 3 is 2.43 bits per heavy atom. The van der Waals surface area contributed by atoms with Crippen LogP contribution in [0.3, 0.4) is 0 Å². The van der Waals surface area contributed by atoms with Gasteiger partial charge < -0.3 is 10.6 Å². The Morgan fingerprint density at radius 1 is 1.05 bits per heavy atom. The van der Waals surface area contributed by atoms with Crippen LogP contribution in [0.25, 0.3) is 0 Å². The first-order chi connectivity index (χ1) is 10.0. The molecule has 0 aliphatic heterocycles. The number of nitriles is 1. The van der Waals surface area contributed by atoms with Crippen LogP contribution >= 0.6 is 0 Å². The maximum absolute atomic E-state index is 12.3. The molecule has 0 saturated heterocycles. The van der Waals surface area contributed by atoms with E-state index in [0.717, 1.165) is 16.8 Å². The molecule has 1 amide bonds. The van der Waals surface area contributed by atoms with Gasteiger partial charge in [0, 0.05) is 24.0 Å². The van der Waals surface area contributed by atoms with Crippen LogP contribution in [-0.4, -0.2) is 13.0 Å². The molecule has 4 nitrogen and oxygen atoms in total. The number of benzene rings is 2. The number of hydrogen-bond acceptors (Lipinski definition) is 3. The first kappa shape index (κ1) is 14.6. The molecule has 0 radical (unpaired) electrons. The number of hydrogen-bond donors (Lipinski definition) is 2. The summed E-state index contributed by atoms with van der Waals surface area (Å²) in [6, 6.07) is 12.8. The molecule has 0 spiro atoms. The molecule has 0 atom stereocenters. The molecule has 0 aliphatic carbocycles. The molecule has 2 aromatic rings. The summed E-state index contributed by atoms with van der Waals surface area (Å²) in [6.45, 7) is 3.84. The number of carbonyl (C=O) groups is 1. The molecule has 2 aromatic carbocycles. The second kappa shape index (κ2) is 6.10. The second-order valence-electron chi connectivity index (χ2n) is 4.88. The third-order valence-corrected chi connectivity index (χ3v) is 3.37. The number of aryl methyl sites for hydroxylation is 2. The number of anilines is 2. The summed E-state index contributed by atoms with van der Waals surface area (Å²) in [4.78, 5) is 12.3. The standard InChI is InChI=1S/C17H17N3O/c1-11-4-5-13(10-18)9-16(11)20-17(21)14-6-7-15(19-3)12(2)8-14/h4-9,19H,1-3H3,(H,20,21). The summed E-state index contributed by atoms with van der Waals surface area (Å²) in [6.07, 6.45) is 0. The van der Waals surface area contributed by atoms with Gasteiger partial charge >= 0.3 is 0 Å². The molecular formula is C17H17N3O. The van der Waals surface area contributed by atoms with Crippen LogP contribution in [0.4, 0.5) is 11.4 Å². The molecule has 0 unspecified atom stereocenters. The van der Waals surface area contributed by atoms with E-state index in [0.29, 0.717) is 16.8 Å². The van der Waals surface area contributed by atoms with Crippen LogP contribution < -0.4 is 10.6 Å². The van der Waals surface area contributed by atoms with E-state index >= 15 is 0 Å². The van der Waals surface area contributed by atoms with Gasteiger partial charge in [-0.25, -0.2) is 0 Å². The number of nitrogens with zero attached hydrogens (tertiary/aromatic N) is 1. The van der Waals surface area contributed by atoms with Gasteiger partial charge in [0.25, 0.3) is 5.91 Å². The third-order valence-electron chi connectivity index (χ3n) is 3.37. The third kappa shape index (κ3) is 3.21. The summed E-state index contributed by atoms with van der Waals surface area (Å²) >= 11 is 0. The van der Waals surface area contributed by atoms with Gasteiger partial charge in [0.05, 0.1) is 11.6 Å². The van der Waals surface area contributed by atoms with Crippen LogP contribution in [-0.2, 0) is 0 Å². The maximum Gasteiger partial charge on any atom is 0.255 e. The molecule has 21 heavy (non-hydrogen) atoms. The van der Waals surface area contributed by atoms with E-state index in [-0.39, 0.29) is 5.91 Å². The fourth-order valence-electron chi connectivity index (χ4n) is 2.11. The van der Waals surface area contributed by atoms with Gasteiger partial charge in [0.15, 0.2) is 0 Å². The highest BCUT2D eigenvalue weighted by molar-refractivity contribution is 6.05. The minimum absolute atomic E-state index is 0.182. The van der Waals surface area contributed by atoms with Crippen molar-refractivity contribution in [1.82, 2.24) is 0 Å². The Hall–Kier alpha value is -2.80. The van der Waals surface area contributed by atoms with Gasteiger partial charge in [-0.1, -0.05) is 6.07 Å². The molecule has 0 aliphatic rings. The first-order valence-corrected chi connectivity index (χ1v) is 6.65. The van der Waals surface area contributed by atoms with Crippen molar-refractivity contribution in [2.45, 2.75) is 13.8 Å². The van der Waals surface area contributed by atoms with E-state index in [1.54, 1.807) is 18.2 Å². The second-order valence-corrected chi connectivity index (χ2v) is 4.88. The highest BCUT2D eigenvalue weighted by atomic mass is 16.1. The van der Waals surface area contributed by atoms with Gasteiger partial charge in [-0.3, -0.25) is 4.79 Å². The Bertz CT molecular complexity index is 729. The summed E-state index contributed by atoms with van der Waals surface area (Å²) in [5, 5.41) is 14.9. The molecule has 0 heterocycles. The fourth-order valence-corrected chi connectivity index (χ4v) is 2.11. The zero-order valence-corrected chi connectivity index (χ0v) is 12.3. The van der Waals surface area contributed by atoms with Crippen molar-refractivity contribution in [2.24, 2.45) is 0 Å². The Balaban J connectivity index is 2.26. The smallest absolute Gasteiger partial charge is 0.255 e. The fraction of sp³-hybridized carbons (Fsp3) is 0.176. The van der Waals surface area contributed by atoms with Crippen molar-refractivity contribution < 1.29 is 4.79 Å². The predicted octanol–water partition coefficient (Wildman–Crippen LogP) is 3.47. The van der Waals surface area contributed by atoms with E-state index in [2.05, 4.69) is 16.7 Å². The van der Waals surface area contributed by atoms with E-state index < -0.39 is 0 Å². The van der Waals surface area contributed by atoms with Gasteiger partial charge in [-0.15, -0.1) is 0 Å². The molecule has 106 valence electrons. The topological polar surface area (TPSA) is 64.9 Å². The van der Waals surface area contributed by atoms with Gasteiger partial charge in [0.1, 0.15) is 0 Å². The number of amides is 1. The lowest BCUT2D eigenvalue weighted by Gasteiger charge is -2.11. The predicted molar refractivity (Wildman–Crippen MR) is 84.6 cm³/mol. The largest absolute Gasteiger partial charge is 0.388 e. The average Bonchev–Trinajstić information content (AvgIpc) is 2.49. The van der Waals surface area contributed by atoms with Crippen molar-refractivity contribution in [3.8, 4) is 6.07 Å². The minimum atomic E-state index is -0.182. The highest BCUT2D eigenvalue weighted by Crippen LogP contribution is 2.20. The Labute approximate surface area is 124 Å². The van der Waals surface area contributed by atoms with Crippen LogP contribution in [0.2, 0.25) is 0 Å². The number of carbonyl (C=O) groups excluding carboxylic acids is 1. The van der Waals surface area contributed by atoms with Gasteiger partial charge in [-0.2, -0.15) is 5.26 Å². The quantitative estimate of drug-likeness (QED) is 0.904. The van der Waals surface area contributed by atoms with E-state index in [1.165, 1.54) is 0 Å². The van der Waals surface area contributed by atoms with Gasteiger partial charge in [-0.05, 0) is 55.3 Å². The van der Waals surface area contributed by atoms with Crippen LogP contribution in [0.5, 0.6) is 0 Å². The molecule has 0 saturated carbocycles. The summed E-state index contributed by atoms with van der Waals surface area (Å²) < 4.78 is 0. The number of rotatable bonds is 3. The minimum Gasteiger partial charge on any atom is -0.388 e. The van der Waals surface area contributed by atoms with Crippen molar-refractivity contribution in [1.29, 1.82) is 5.26 Å². The van der Waals surface area contributed by atoms with E-state index in [1.807, 2.05) is 39.1 Å². The number of nitrogens with one attached hydrogen (secondary N) is 2. The lowest BCUT2D eigenvalue weighted by atomic mass is 10.1. The van der Waals surface area contributed by atoms with E-state index in [4.69, 9.17) is 5.26 Å². The summed E-state index contributed by atoms with van der Waals surface area (Å²) in [5.41, 5.74) is 4.70. The van der Waals surface area contributed by atoms with Gasteiger partial charge in [0.2, 0.25) is 0 Å². The normalized spacial score (nSPS) is 9.81. The SMILES string of the molecule is CNc1ccc(C(=O)Nc2cc(C#N)ccc2C)cc1C. The maximum atomic E-state index is 12.3. The molecular weight excluding hydrogens is 262 g/mol. The van der Waals surface area contributed by atoms with Crippen LogP contribution in [0.15, 0.2) is 36.4 Å². The average molecular weight is 279 g/mol. The van der Waals surface area contributed by atoms with Crippen LogP contribution in [0.1, 0.15) is 27.0 Å². The first-order valence-electron chi connectivity index (χ1n) is 6.65. The Morgan fingerprint density at radius 2 is 1.81 bits per heavy atom. The lowest BCUT2D eigenvalue weighted by molar-refractivity contribution is 0.102. The Kier molecular flexibility index (Phi) is 4.24. The van der Waals surface area contributed by atoms with Crippen molar-refractivity contribution >= 4 is 17.3 Å². The molecule has 2 N–H and O–H groups in total. The zero-order chi connectivity index (χ0) is 15.4. The molecule has 0 aromatic heterocycles. The summed E-state index contributed by atoms with van der Waals surface area (Å²) in [7, 11) is 1.85. The molecule has 4 heteroatoms. The molecule has 2 rings (SSSR count). The summed E-state index contributed by atoms with van der Waals surface area (Å²) in [5.74, 6) is -0.182.